The molecule has 0 heterocycles. The fourth-order valence-corrected chi connectivity index (χ4v) is 2.25. The van der Waals surface area contributed by atoms with Crippen molar-refractivity contribution in [1.29, 1.82) is 0 Å². The lowest BCUT2D eigenvalue weighted by atomic mass is 9.99. The lowest BCUT2D eigenvalue weighted by Crippen LogP contribution is -2.32. The molecule has 0 aliphatic heterocycles. The Kier molecular flexibility index (Phi) is 3.98. The normalized spacial score (nSPS) is 17.3. The zero-order chi connectivity index (χ0) is 13.0. The first kappa shape index (κ1) is 12.6. The van der Waals surface area contributed by atoms with Crippen LogP contribution >= 0.6 is 0 Å². The van der Waals surface area contributed by atoms with Gasteiger partial charge in [0, 0.05) is 18.7 Å². The molecule has 0 atom stereocenters. The number of allylic oxidation sites excluding steroid dienone is 8. The summed E-state index contributed by atoms with van der Waals surface area (Å²) < 4.78 is 0. The molecule has 0 N–H and O–H groups in total. The molecule has 0 aromatic rings. The molecule has 18 heavy (non-hydrogen) atoms. The fourth-order valence-electron chi connectivity index (χ4n) is 2.25. The second kappa shape index (κ2) is 5.67. The molecule has 0 spiro atoms. The number of hydrogen-bond acceptors (Lipinski definition) is 1. The Morgan fingerprint density at radius 3 is 2.56 bits per heavy atom. The molecule has 2 rings (SSSR count). The van der Waals surface area contributed by atoms with Crippen molar-refractivity contribution in [2.24, 2.45) is 0 Å². The maximum atomic E-state index is 12.5. The molecule has 2 bridgehead atoms. The average molecular weight is 241 g/mol. The van der Waals surface area contributed by atoms with Crippen molar-refractivity contribution in [2.75, 3.05) is 13.1 Å². The van der Waals surface area contributed by atoms with E-state index in [2.05, 4.69) is 12.2 Å². The van der Waals surface area contributed by atoms with E-state index in [1.54, 1.807) is 0 Å². The van der Waals surface area contributed by atoms with Crippen molar-refractivity contribution in [3.8, 4) is 0 Å². The van der Waals surface area contributed by atoms with Crippen LogP contribution in [0.3, 0.4) is 0 Å². The number of carbonyl (C=O) groups excluding carboxylic acids is 1. The van der Waals surface area contributed by atoms with Gasteiger partial charge in [-0.15, -0.1) is 0 Å². The Morgan fingerprint density at radius 2 is 1.83 bits per heavy atom. The SMILES string of the molecule is CCN(CC)C(=O)C1=CC=CC2=CC=CC=C1C2. The summed E-state index contributed by atoms with van der Waals surface area (Å²) in [5, 5.41) is 0. The van der Waals surface area contributed by atoms with Crippen molar-refractivity contribution in [3.63, 3.8) is 0 Å². The topological polar surface area (TPSA) is 20.3 Å². The molecule has 1 amide bonds. The number of fused-ring (bicyclic) bond motifs is 2. The molecular formula is C16H19NO. The van der Waals surface area contributed by atoms with E-state index in [0.29, 0.717) is 0 Å². The van der Waals surface area contributed by atoms with Gasteiger partial charge in [0.2, 0.25) is 0 Å². The van der Waals surface area contributed by atoms with Gasteiger partial charge in [0.25, 0.3) is 5.91 Å². The van der Waals surface area contributed by atoms with Crippen molar-refractivity contribution in [2.45, 2.75) is 20.3 Å². The quantitative estimate of drug-likeness (QED) is 0.743. The molecule has 2 aliphatic rings. The minimum atomic E-state index is 0.132. The largest absolute Gasteiger partial charge is 0.339 e. The molecule has 0 unspecified atom stereocenters. The Morgan fingerprint density at radius 1 is 1.11 bits per heavy atom. The monoisotopic (exact) mass is 241 g/mol. The van der Waals surface area contributed by atoms with Crippen LogP contribution in [0.2, 0.25) is 0 Å². The highest BCUT2D eigenvalue weighted by molar-refractivity contribution is 5.98. The number of likely N-dealkylation sites (N-methyl/N-ethyl adjacent to an activating group) is 1. The van der Waals surface area contributed by atoms with Gasteiger partial charge in [-0.2, -0.15) is 0 Å². The summed E-state index contributed by atoms with van der Waals surface area (Å²) >= 11 is 0. The maximum Gasteiger partial charge on any atom is 0.254 e. The molecule has 0 aromatic heterocycles. The molecule has 0 saturated heterocycles. The predicted molar refractivity (Wildman–Crippen MR) is 75.1 cm³/mol. The van der Waals surface area contributed by atoms with Crippen molar-refractivity contribution in [3.05, 3.63) is 59.3 Å². The first-order chi connectivity index (χ1) is 8.76. The van der Waals surface area contributed by atoms with Crippen LogP contribution in [0.4, 0.5) is 0 Å². The lowest BCUT2D eigenvalue weighted by Gasteiger charge is -2.21. The molecular weight excluding hydrogens is 222 g/mol. The molecule has 94 valence electrons. The van der Waals surface area contributed by atoms with Crippen LogP contribution < -0.4 is 0 Å². The number of hydrogen-bond donors (Lipinski definition) is 0. The minimum absolute atomic E-state index is 0.132. The van der Waals surface area contributed by atoms with Gasteiger partial charge in [0.05, 0.1) is 0 Å². The summed E-state index contributed by atoms with van der Waals surface area (Å²) in [7, 11) is 0. The zero-order valence-electron chi connectivity index (χ0n) is 11.0. The number of nitrogens with zero attached hydrogens (tertiary/aromatic N) is 1. The molecule has 2 nitrogen and oxygen atoms in total. The summed E-state index contributed by atoms with van der Waals surface area (Å²) in [4.78, 5) is 14.3. The van der Waals surface area contributed by atoms with Gasteiger partial charge in [0.1, 0.15) is 0 Å². The van der Waals surface area contributed by atoms with Gasteiger partial charge in [-0.3, -0.25) is 4.79 Å². The van der Waals surface area contributed by atoms with E-state index < -0.39 is 0 Å². The summed E-state index contributed by atoms with van der Waals surface area (Å²) in [6, 6.07) is 0. The van der Waals surface area contributed by atoms with Gasteiger partial charge < -0.3 is 4.90 Å². The average Bonchev–Trinajstić information content (AvgIpc) is 2.73. The van der Waals surface area contributed by atoms with E-state index in [4.69, 9.17) is 0 Å². The molecule has 0 fully saturated rings. The van der Waals surface area contributed by atoms with E-state index in [9.17, 15) is 4.79 Å². The standard InChI is InChI=1S/C16H19NO/c1-3-17(4-2)16(18)15-11-7-9-13-8-5-6-10-14(15)12-13/h5-11H,3-4,12H2,1-2H3. The Labute approximate surface area is 109 Å². The van der Waals surface area contributed by atoms with Crippen LogP contribution in [-0.4, -0.2) is 23.9 Å². The number of carbonyl (C=O) groups is 1. The molecule has 0 aromatic carbocycles. The highest BCUT2D eigenvalue weighted by atomic mass is 16.2. The third-order valence-corrected chi connectivity index (χ3v) is 3.31. The van der Waals surface area contributed by atoms with Crippen LogP contribution in [0.5, 0.6) is 0 Å². The zero-order valence-corrected chi connectivity index (χ0v) is 11.0. The Hall–Kier alpha value is -1.83. The second-order valence-corrected chi connectivity index (χ2v) is 4.41. The maximum absolute atomic E-state index is 12.5. The van der Waals surface area contributed by atoms with Crippen LogP contribution in [0.15, 0.2) is 59.3 Å². The highest BCUT2D eigenvalue weighted by Gasteiger charge is 2.20. The van der Waals surface area contributed by atoms with Crippen molar-refractivity contribution >= 4 is 5.91 Å². The van der Waals surface area contributed by atoms with Gasteiger partial charge >= 0.3 is 0 Å². The third-order valence-electron chi connectivity index (χ3n) is 3.31. The van der Waals surface area contributed by atoms with Crippen LogP contribution in [0, 0.1) is 0 Å². The van der Waals surface area contributed by atoms with Crippen LogP contribution in [0.25, 0.3) is 0 Å². The Bertz CT molecular complexity index is 485. The van der Waals surface area contributed by atoms with Crippen molar-refractivity contribution < 1.29 is 4.79 Å². The van der Waals surface area contributed by atoms with E-state index in [1.807, 2.05) is 49.1 Å². The second-order valence-electron chi connectivity index (χ2n) is 4.41. The fraction of sp³-hybridized carbons (Fsp3) is 0.312. The highest BCUT2D eigenvalue weighted by Crippen LogP contribution is 2.26. The smallest absolute Gasteiger partial charge is 0.254 e. The lowest BCUT2D eigenvalue weighted by molar-refractivity contribution is -0.126. The first-order valence-electron chi connectivity index (χ1n) is 6.50. The van der Waals surface area contributed by atoms with E-state index in [0.717, 1.165) is 30.7 Å². The number of amides is 1. The molecule has 0 saturated carbocycles. The predicted octanol–water partition coefficient (Wildman–Crippen LogP) is 3.16. The molecule has 0 radical (unpaired) electrons. The summed E-state index contributed by atoms with van der Waals surface area (Å²) in [6.07, 6.45) is 15.0. The summed E-state index contributed by atoms with van der Waals surface area (Å²) in [5.41, 5.74) is 3.18. The van der Waals surface area contributed by atoms with Crippen LogP contribution in [-0.2, 0) is 4.79 Å². The first-order valence-corrected chi connectivity index (χ1v) is 6.50. The van der Waals surface area contributed by atoms with Crippen molar-refractivity contribution in [1.82, 2.24) is 4.90 Å². The molecule has 2 aliphatic carbocycles. The van der Waals surface area contributed by atoms with Gasteiger partial charge in [-0.25, -0.2) is 0 Å². The van der Waals surface area contributed by atoms with Gasteiger partial charge in [-0.05, 0) is 37.5 Å². The van der Waals surface area contributed by atoms with E-state index >= 15 is 0 Å². The van der Waals surface area contributed by atoms with Crippen LogP contribution in [0.1, 0.15) is 20.3 Å². The van der Waals surface area contributed by atoms with Gasteiger partial charge in [0.15, 0.2) is 0 Å². The number of rotatable bonds is 3. The summed E-state index contributed by atoms with van der Waals surface area (Å²) in [6.45, 7) is 5.53. The van der Waals surface area contributed by atoms with E-state index in [-0.39, 0.29) is 5.91 Å². The van der Waals surface area contributed by atoms with E-state index in [1.165, 1.54) is 5.57 Å². The van der Waals surface area contributed by atoms with Gasteiger partial charge in [-0.1, -0.05) is 36.5 Å². The third kappa shape index (κ3) is 2.53. The Balaban J connectivity index is 2.33. The minimum Gasteiger partial charge on any atom is -0.339 e. The molecule has 2 heteroatoms. The summed E-state index contributed by atoms with van der Waals surface area (Å²) in [5.74, 6) is 0.132.